The van der Waals surface area contributed by atoms with Gasteiger partial charge in [-0.1, -0.05) is 18.2 Å². The van der Waals surface area contributed by atoms with Crippen LogP contribution >= 0.6 is 0 Å². The van der Waals surface area contributed by atoms with Gasteiger partial charge >= 0.3 is 6.61 Å². The Morgan fingerprint density at radius 1 is 1.05 bits per heavy atom. The number of aryl methyl sites for hydroxylation is 1. The summed E-state index contributed by atoms with van der Waals surface area (Å²) in [7, 11) is 0. The summed E-state index contributed by atoms with van der Waals surface area (Å²) in [6.07, 6.45) is 4.65. The Hall–Kier alpha value is -4.25. The third-order valence-electron chi connectivity index (χ3n) is 8.70. The Morgan fingerprint density at radius 2 is 1.90 bits per heavy atom. The summed E-state index contributed by atoms with van der Waals surface area (Å²) < 4.78 is 51.3. The maximum absolute atomic E-state index is 15.2. The van der Waals surface area contributed by atoms with Crippen LogP contribution in [0.5, 0.6) is 5.75 Å². The highest BCUT2D eigenvalue weighted by Gasteiger charge is 2.44. The van der Waals surface area contributed by atoms with E-state index in [1.165, 1.54) is 6.07 Å². The van der Waals surface area contributed by atoms with E-state index in [1.54, 1.807) is 18.3 Å². The minimum atomic E-state index is -2.98. The lowest BCUT2D eigenvalue weighted by molar-refractivity contribution is -0.0506. The van der Waals surface area contributed by atoms with Gasteiger partial charge in [0.25, 0.3) is 0 Å². The molecule has 0 unspecified atom stereocenters. The second-order valence-electron chi connectivity index (χ2n) is 10.9. The zero-order valence-corrected chi connectivity index (χ0v) is 21.5. The molecule has 2 aliphatic heterocycles. The highest BCUT2D eigenvalue weighted by Crippen LogP contribution is 2.52. The van der Waals surface area contributed by atoms with E-state index in [4.69, 9.17) is 15.5 Å². The molecule has 2 aromatic carbocycles. The van der Waals surface area contributed by atoms with E-state index in [-0.39, 0.29) is 17.8 Å². The van der Waals surface area contributed by atoms with Crippen molar-refractivity contribution >= 4 is 11.0 Å². The molecule has 1 aliphatic carbocycles. The molecule has 2 N–H and O–H groups in total. The summed E-state index contributed by atoms with van der Waals surface area (Å²) in [5.74, 6) is 1.78. The lowest BCUT2D eigenvalue weighted by atomic mass is 9.75. The predicted molar refractivity (Wildman–Crippen MR) is 140 cm³/mol. The van der Waals surface area contributed by atoms with E-state index in [0.29, 0.717) is 40.5 Å². The van der Waals surface area contributed by atoms with Crippen molar-refractivity contribution in [2.24, 2.45) is 5.73 Å². The van der Waals surface area contributed by atoms with Crippen LogP contribution in [0.3, 0.4) is 0 Å². The van der Waals surface area contributed by atoms with Crippen LogP contribution in [0, 0.1) is 12.7 Å². The number of alkyl halides is 2. The summed E-state index contributed by atoms with van der Waals surface area (Å²) in [5, 5.41) is 8.71. The normalized spacial score (nSPS) is 20.1. The first-order valence-corrected chi connectivity index (χ1v) is 13.3. The predicted octanol–water partition coefficient (Wildman–Crippen LogP) is 5.64. The number of nitrogens with two attached hydrogens (primary N) is 1. The van der Waals surface area contributed by atoms with E-state index < -0.39 is 18.0 Å². The number of pyridine rings is 1. The molecule has 0 amide bonds. The molecular weight excluding hydrogens is 519 g/mol. The van der Waals surface area contributed by atoms with Gasteiger partial charge in [-0.05, 0) is 56.0 Å². The second-order valence-corrected chi connectivity index (χ2v) is 10.9. The van der Waals surface area contributed by atoms with Gasteiger partial charge < -0.3 is 19.6 Å². The van der Waals surface area contributed by atoms with Crippen molar-refractivity contribution in [1.82, 2.24) is 29.3 Å². The molecule has 0 spiro atoms. The number of imidazole rings is 1. The Labute approximate surface area is 226 Å². The largest absolute Gasteiger partial charge is 0.434 e. The molecule has 0 radical (unpaired) electrons. The van der Waals surface area contributed by atoms with Crippen LogP contribution in [-0.2, 0) is 5.54 Å². The number of aromatic nitrogens is 6. The molecule has 8 rings (SSSR count). The number of fused-ring (bicyclic) bond motifs is 6. The molecule has 5 aromatic rings. The lowest BCUT2D eigenvalue weighted by Crippen LogP contribution is -2.44. The van der Waals surface area contributed by atoms with Crippen LogP contribution in [0.25, 0.3) is 33.5 Å². The maximum atomic E-state index is 15.2. The standard InChI is InChI=1S/C29H24F3N7O/c1-14-36-37-26-17-4-2-5-23(40-28(31)32)24(17)21-12-22(38(14)26)27-35-19-7-6-15(11-20(19)39(21)27)16-10-18(30)25(34-13-16)29(33)8-3-9-29/h2,4-7,10-11,13,21-22,28H,3,8-9,12,33H2,1H3/t21-,22-/m1/s1. The van der Waals surface area contributed by atoms with Gasteiger partial charge in [-0.3, -0.25) is 4.98 Å². The topological polar surface area (TPSA) is 96.7 Å². The fourth-order valence-corrected chi connectivity index (χ4v) is 6.71. The third-order valence-corrected chi connectivity index (χ3v) is 8.70. The average molecular weight is 544 g/mol. The number of benzene rings is 2. The number of halogens is 3. The van der Waals surface area contributed by atoms with Crippen molar-refractivity contribution < 1.29 is 17.9 Å². The monoisotopic (exact) mass is 543 g/mol. The smallest absolute Gasteiger partial charge is 0.387 e. The quantitative estimate of drug-likeness (QED) is 0.315. The zero-order chi connectivity index (χ0) is 27.3. The maximum Gasteiger partial charge on any atom is 0.387 e. The molecule has 3 aromatic heterocycles. The van der Waals surface area contributed by atoms with Crippen molar-refractivity contribution in [2.75, 3.05) is 0 Å². The van der Waals surface area contributed by atoms with E-state index in [9.17, 15) is 8.78 Å². The number of nitrogens with zero attached hydrogens (tertiary/aromatic N) is 6. The van der Waals surface area contributed by atoms with Gasteiger partial charge in [0.05, 0.1) is 34.3 Å². The highest BCUT2D eigenvalue weighted by atomic mass is 19.3. The Morgan fingerprint density at radius 3 is 2.65 bits per heavy atom. The first-order chi connectivity index (χ1) is 19.3. The summed E-state index contributed by atoms with van der Waals surface area (Å²) in [4.78, 5) is 9.39. The number of rotatable bonds is 4. The van der Waals surface area contributed by atoms with Crippen LogP contribution < -0.4 is 10.5 Å². The van der Waals surface area contributed by atoms with Gasteiger partial charge in [-0.15, -0.1) is 10.2 Å². The number of ether oxygens (including phenoxy) is 1. The average Bonchev–Trinajstić information content (AvgIpc) is 3.55. The van der Waals surface area contributed by atoms with Gasteiger partial charge in [0.1, 0.15) is 23.2 Å². The van der Waals surface area contributed by atoms with Crippen LogP contribution in [-0.4, -0.2) is 35.9 Å². The summed E-state index contributed by atoms with van der Waals surface area (Å²) in [6.45, 7) is -1.10. The van der Waals surface area contributed by atoms with E-state index in [1.807, 2.05) is 35.8 Å². The fraction of sp³-hybridized carbons (Fsp3) is 0.310. The summed E-state index contributed by atoms with van der Waals surface area (Å²) >= 11 is 0. The lowest BCUT2D eigenvalue weighted by Gasteiger charge is -2.37. The minimum Gasteiger partial charge on any atom is -0.434 e. The Bertz CT molecular complexity index is 1840. The van der Waals surface area contributed by atoms with E-state index >= 15 is 4.39 Å². The number of hydrogen-bond donors (Lipinski definition) is 1. The van der Waals surface area contributed by atoms with Crippen LogP contribution in [0.2, 0.25) is 0 Å². The number of hydrogen-bond acceptors (Lipinski definition) is 6. The van der Waals surface area contributed by atoms with E-state index in [0.717, 1.165) is 41.7 Å². The molecule has 1 fully saturated rings. The SMILES string of the molecule is Cc1nnc2n1[C@@H]1C[C@H](c3c(OC(F)F)cccc3-2)n2c1nc1ccc(-c3cnc(C4(N)CCC4)c(F)c3)cc12. The molecule has 2 atom stereocenters. The molecule has 8 nitrogen and oxygen atoms in total. The van der Waals surface area contributed by atoms with Crippen molar-refractivity contribution in [3.63, 3.8) is 0 Å². The van der Waals surface area contributed by atoms with Crippen LogP contribution in [0.1, 0.15) is 60.7 Å². The van der Waals surface area contributed by atoms with Gasteiger partial charge in [0.15, 0.2) is 5.82 Å². The van der Waals surface area contributed by atoms with Crippen LogP contribution in [0.4, 0.5) is 13.2 Å². The molecule has 2 bridgehead atoms. The minimum absolute atomic E-state index is 0.102. The van der Waals surface area contributed by atoms with Gasteiger partial charge in [-0.25, -0.2) is 9.37 Å². The summed E-state index contributed by atoms with van der Waals surface area (Å²) in [6, 6.07) is 11.8. The molecule has 5 heterocycles. The zero-order valence-electron chi connectivity index (χ0n) is 21.5. The van der Waals surface area contributed by atoms with Crippen LogP contribution in [0.15, 0.2) is 48.7 Å². The molecule has 3 aliphatic rings. The third kappa shape index (κ3) is 3.18. The molecular formula is C29H24F3N7O. The van der Waals surface area contributed by atoms with Crippen molar-refractivity contribution in [1.29, 1.82) is 0 Å². The summed E-state index contributed by atoms with van der Waals surface area (Å²) in [5.41, 5.74) is 10.2. The van der Waals surface area contributed by atoms with Gasteiger partial charge in [0.2, 0.25) is 0 Å². The van der Waals surface area contributed by atoms with E-state index in [2.05, 4.69) is 19.7 Å². The Kier molecular flexibility index (Phi) is 4.80. The highest BCUT2D eigenvalue weighted by molar-refractivity contribution is 5.84. The van der Waals surface area contributed by atoms with Gasteiger partial charge in [-0.2, -0.15) is 8.78 Å². The first-order valence-electron chi connectivity index (χ1n) is 13.3. The van der Waals surface area contributed by atoms with Crippen molar-refractivity contribution in [2.45, 2.75) is 56.8 Å². The molecule has 1 saturated carbocycles. The molecule has 40 heavy (non-hydrogen) atoms. The Balaban J connectivity index is 1.32. The van der Waals surface area contributed by atoms with Crippen molar-refractivity contribution in [3.8, 4) is 28.3 Å². The molecule has 11 heteroatoms. The van der Waals surface area contributed by atoms with Crippen molar-refractivity contribution in [3.05, 3.63) is 77.4 Å². The van der Waals surface area contributed by atoms with Gasteiger partial charge in [0, 0.05) is 29.3 Å². The first kappa shape index (κ1) is 23.6. The molecule has 0 saturated heterocycles. The molecule has 202 valence electrons. The fourth-order valence-electron chi connectivity index (χ4n) is 6.71. The second kappa shape index (κ2) is 8.14.